The molecular formula is C11H20N2O. The Morgan fingerprint density at radius 2 is 2.07 bits per heavy atom. The lowest BCUT2D eigenvalue weighted by atomic mass is 10.2. The Hall–Kier alpha value is -0.570. The summed E-state index contributed by atoms with van der Waals surface area (Å²) >= 11 is 0. The molecule has 0 aromatic carbocycles. The molecule has 2 aliphatic rings. The standard InChI is InChI=1S/C11H20N2O/c1-8(10-4-5-10)12-7-11(14)13-6-9-2-3-9/h8-10,12H,2-7H2,1H3,(H,13,14). The van der Waals surface area contributed by atoms with Crippen LogP contribution >= 0.6 is 0 Å². The van der Waals surface area contributed by atoms with Crippen LogP contribution in [0, 0.1) is 11.8 Å². The van der Waals surface area contributed by atoms with Crippen molar-refractivity contribution in [3.05, 3.63) is 0 Å². The van der Waals surface area contributed by atoms with E-state index in [-0.39, 0.29) is 5.91 Å². The van der Waals surface area contributed by atoms with E-state index in [1.807, 2.05) is 0 Å². The molecule has 0 aliphatic heterocycles. The number of hydrogen-bond donors (Lipinski definition) is 2. The van der Waals surface area contributed by atoms with Gasteiger partial charge in [-0.1, -0.05) is 0 Å². The van der Waals surface area contributed by atoms with Gasteiger partial charge in [0.15, 0.2) is 0 Å². The molecule has 0 aromatic rings. The fourth-order valence-electron chi connectivity index (χ4n) is 1.66. The molecule has 2 rings (SSSR count). The van der Waals surface area contributed by atoms with Crippen LogP contribution in [0.15, 0.2) is 0 Å². The summed E-state index contributed by atoms with van der Waals surface area (Å²) in [6, 6.07) is 0.515. The molecule has 0 heterocycles. The van der Waals surface area contributed by atoms with Crippen LogP contribution in [0.1, 0.15) is 32.6 Å². The fraction of sp³-hybridized carbons (Fsp3) is 0.909. The zero-order valence-electron chi connectivity index (χ0n) is 8.88. The third-order valence-corrected chi connectivity index (χ3v) is 3.20. The Morgan fingerprint density at radius 1 is 1.36 bits per heavy atom. The average Bonchev–Trinajstić information content (AvgIpc) is 3.04. The third-order valence-electron chi connectivity index (χ3n) is 3.20. The van der Waals surface area contributed by atoms with Crippen molar-refractivity contribution in [2.45, 2.75) is 38.6 Å². The van der Waals surface area contributed by atoms with Crippen molar-refractivity contribution in [2.75, 3.05) is 13.1 Å². The topological polar surface area (TPSA) is 41.1 Å². The molecule has 3 nitrogen and oxygen atoms in total. The second-order valence-corrected chi connectivity index (χ2v) is 4.75. The van der Waals surface area contributed by atoms with Gasteiger partial charge in [-0.3, -0.25) is 4.79 Å². The second-order valence-electron chi connectivity index (χ2n) is 4.75. The van der Waals surface area contributed by atoms with E-state index in [0.717, 1.165) is 18.4 Å². The van der Waals surface area contributed by atoms with E-state index in [4.69, 9.17) is 0 Å². The Kier molecular flexibility index (Phi) is 3.06. The first-order valence-corrected chi connectivity index (χ1v) is 5.76. The van der Waals surface area contributed by atoms with Gasteiger partial charge in [-0.15, -0.1) is 0 Å². The molecule has 2 aliphatic carbocycles. The van der Waals surface area contributed by atoms with E-state index >= 15 is 0 Å². The monoisotopic (exact) mass is 196 g/mol. The first-order valence-electron chi connectivity index (χ1n) is 5.76. The lowest BCUT2D eigenvalue weighted by Gasteiger charge is -2.12. The molecule has 0 radical (unpaired) electrons. The summed E-state index contributed by atoms with van der Waals surface area (Å²) in [6.07, 6.45) is 5.26. The Labute approximate surface area is 85.6 Å². The Balaban J connectivity index is 1.52. The molecular weight excluding hydrogens is 176 g/mol. The van der Waals surface area contributed by atoms with Gasteiger partial charge in [0.1, 0.15) is 0 Å². The van der Waals surface area contributed by atoms with Gasteiger partial charge in [0.2, 0.25) is 5.91 Å². The minimum Gasteiger partial charge on any atom is -0.355 e. The highest BCUT2D eigenvalue weighted by molar-refractivity contribution is 5.78. The van der Waals surface area contributed by atoms with E-state index in [1.165, 1.54) is 25.7 Å². The van der Waals surface area contributed by atoms with Crippen LogP contribution < -0.4 is 10.6 Å². The molecule has 0 aromatic heterocycles. The summed E-state index contributed by atoms with van der Waals surface area (Å²) in [5.41, 5.74) is 0. The van der Waals surface area contributed by atoms with Crippen LogP contribution in [0.25, 0.3) is 0 Å². The van der Waals surface area contributed by atoms with E-state index < -0.39 is 0 Å². The lowest BCUT2D eigenvalue weighted by molar-refractivity contribution is -0.120. The van der Waals surface area contributed by atoms with Crippen molar-refractivity contribution in [1.29, 1.82) is 0 Å². The van der Waals surface area contributed by atoms with Crippen molar-refractivity contribution < 1.29 is 4.79 Å². The van der Waals surface area contributed by atoms with Crippen LogP contribution in [0.2, 0.25) is 0 Å². The molecule has 0 saturated heterocycles. The summed E-state index contributed by atoms with van der Waals surface area (Å²) in [4.78, 5) is 11.3. The summed E-state index contributed by atoms with van der Waals surface area (Å²) in [5.74, 6) is 1.76. The van der Waals surface area contributed by atoms with Gasteiger partial charge in [0.25, 0.3) is 0 Å². The van der Waals surface area contributed by atoms with Crippen molar-refractivity contribution in [1.82, 2.24) is 10.6 Å². The minimum absolute atomic E-state index is 0.157. The number of hydrogen-bond acceptors (Lipinski definition) is 2. The third kappa shape index (κ3) is 3.29. The van der Waals surface area contributed by atoms with E-state index in [9.17, 15) is 4.79 Å². The largest absolute Gasteiger partial charge is 0.355 e. The van der Waals surface area contributed by atoms with Crippen LogP contribution in [-0.4, -0.2) is 25.0 Å². The van der Waals surface area contributed by atoms with E-state index in [0.29, 0.717) is 12.6 Å². The molecule has 80 valence electrons. The number of carbonyl (C=O) groups excluding carboxylic acids is 1. The van der Waals surface area contributed by atoms with Gasteiger partial charge >= 0.3 is 0 Å². The van der Waals surface area contributed by atoms with Crippen molar-refractivity contribution in [2.24, 2.45) is 11.8 Å². The zero-order chi connectivity index (χ0) is 9.97. The first-order chi connectivity index (χ1) is 6.75. The van der Waals surface area contributed by atoms with Crippen molar-refractivity contribution >= 4 is 5.91 Å². The molecule has 1 unspecified atom stereocenters. The predicted molar refractivity (Wildman–Crippen MR) is 55.9 cm³/mol. The number of carbonyl (C=O) groups is 1. The van der Waals surface area contributed by atoms with Gasteiger partial charge < -0.3 is 10.6 Å². The maximum Gasteiger partial charge on any atom is 0.233 e. The summed E-state index contributed by atoms with van der Waals surface area (Å²) in [6.45, 7) is 3.55. The SMILES string of the molecule is CC(NCC(=O)NCC1CC1)C1CC1. The molecule has 0 spiro atoms. The molecule has 1 atom stereocenters. The van der Waals surface area contributed by atoms with Crippen LogP contribution in [0.5, 0.6) is 0 Å². The zero-order valence-corrected chi connectivity index (χ0v) is 8.88. The molecule has 3 heteroatoms. The molecule has 0 bridgehead atoms. The molecule has 14 heavy (non-hydrogen) atoms. The molecule has 2 saturated carbocycles. The minimum atomic E-state index is 0.157. The van der Waals surface area contributed by atoms with Crippen molar-refractivity contribution in [3.63, 3.8) is 0 Å². The molecule has 2 fully saturated rings. The van der Waals surface area contributed by atoms with E-state index in [1.54, 1.807) is 0 Å². The second kappa shape index (κ2) is 4.30. The van der Waals surface area contributed by atoms with Gasteiger partial charge in [0.05, 0.1) is 6.54 Å². The summed E-state index contributed by atoms with van der Waals surface area (Å²) in [7, 11) is 0. The smallest absolute Gasteiger partial charge is 0.233 e. The summed E-state index contributed by atoms with van der Waals surface area (Å²) < 4.78 is 0. The Morgan fingerprint density at radius 3 is 2.64 bits per heavy atom. The number of rotatable bonds is 6. The highest BCUT2D eigenvalue weighted by Gasteiger charge is 2.28. The van der Waals surface area contributed by atoms with Gasteiger partial charge in [-0.05, 0) is 44.4 Å². The van der Waals surface area contributed by atoms with Crippen LogP contribution in [0.4, 0.5) is 0 Å². The van der Waals surface area contributed by atoms with Crippen LogP contribution in [0.3, 0.4) is 0 Å². The Bertz CT molecular complexity index is 209. The van der Waals surface area contributed by atoms with E-state index in [2.05, 4.69) is 17.6 Å². The quantitative estimate of drug-likeness (QED) is 0.662. The van der Waals surface area contributed by atoms with Crippen molar-refractivity contribution in [3.8, 4) is 0 Å². The fourth-order valence-corrected chi connectivity index (χ4v) is 1.66. The first kappa shape index (κ1) is 9.97. The normalized spacial score (nSPS) is 23.2. The molecule has 1 amide bonds. The highest BCUT2D eigenvalue weighted by atomic mass is 16.1. The van der Waals surface area contributed by atoms with Gasteiger partial charge in [0, 0.05) is 12.6 Å². The summed E-state index contributed by atoms with van der Waals surface area (Å²) in [5, 5.41) is 6.23. The predicted octanol–water partition coefficient (Wildman–Crippen LogP) is 0.901. The average molecular weight is 196 g/mol. The maximum atomic E-state index is 11.3. The lowest BCUT2D eigenvalue weighted by Crippen LogP contribution is -2.39. The highest BCUT2D eigenvalue weighted by Crippen LogP contribution is 2.32. The number of nitrogens with one attached hydrogen (secondary N) is 2. The molecule has 2 N–H and O–H groups in total. The van der Waals surface area contributed by atoms with Crippen LogP contribution in [-0.2, 0) is 4.79 Å². The van der Waals surface area contributed by atoms with Gasteiger partial charge in [-0.2, -0.15) is 0 Å². The number of amides is 1. The van der Waals surface area contributed by atoms with Gasteiger partial charge in [-0.25, -0.2) is 0 Å². The maximum absolute atomic E-state index is 11.3.